The molecular formula is C12H13IN5O-. The Morgan fingerprint density at radius 3 is 2.37 bits per heavy atom. The van der Waals surface area contributed by atoms with Gasteiger partial charge in [0.15, 0.2) is 0 Å². The van der Waals surface area contributed by atoms with E-state index in [0.29, 0.717) is 27.7 Å². The van der Waals surface area contributed by atoms with Crippen molar-refractivity contribution in [1.29, 1.82) is 0 Å². The van der Waals surface area contributed by atoms with Crippen molar-refractivity contribution in [2.75, 3.05) is 27.5 Å². The molecule has 0 saturated carbocycles. The van der Waals surface area contributed by atoms with Crippen molar-refractivity contribution < 1.29 is 26.3 Å². The second-order valence-electron chi connectivity index (χ2n) is 4.33. The van der Waals surface area contributed by atoms with E-state index >= 15 is 0 Å². The van der Waals surface area contributed by atoms with E-state index in [2.05, 4.69) is 0 Å². The van der Waals surface area contributed by atoms with Crippen LogP contribution in [0.3, 0.4) is 0 Å². The normalized spacial score (nSPS) is 14.2. The minimum absolute atomic E-state index is 0.0632. The molecule has 0 aromatic heterocycles. The molecule has 1 heterocycles. The zero-order valence-corrected chi connectivity index (χ0v) is 12.1. The van der Waals surface area contributed by atoms with E-state index in [9.17, 15) is 4.79 Å². The van der Waals surface area contributed by atoms with Gasteiger partial charge in [0.2, 0.25) is 0 Å². The summed E-state index contributed by atoms with van der Waals surface area (Å²) in [6, 6.07) is 5.21. The fourth-order valence-electron chi connectivity index (χ4n) is 2.06. The van der Waals surface area contributed by atoms with Crippen LogP contribution in [0.1, 0.15) is 10.4 Å². The molecule has 8 N–H and O–H groups in total. The van der Waals surface area contributed by atoms with Gasteiger partial charge >= 0.3 is 120 Å². The molecule has 0 spiro atoms. The average molecular weight is 370 g/mol. The van der Waals surface area contributed by atoms with Gasteiger partial charge < -0.3 is 0 Å². The molecule has 0 atom stereocenters. The van der Waals surface area contributed by atoms with Gasteiger partial charge in [0.05, 0.1) is 0 Å². The van der Waals surface area contributed by atoms with Gasteiger partial charge in [-0.15, -0.1) is 0 Å². The van der Waals surface area contributed by atoms with Crippen LogP contribution in [0, 0.1) is 0 Å². The van der Waals surface area contributed by atoms with Crippen molar-refractivity contribution in [3.63, 3.8) is 0 Å². The summed E-state index contributed by atoms with van der Waals surface area (Å²) < 4.78 is 2.66. The van der Waals surface area contributed by atoms with E-state index < -0.39 is 0 Å². The number of carbonyl (C=O) groups excluding carboxylic acids is 1. The number of amides is 1. The third kappa shape index (κ3) is 1.81. The first kappa shape index (κ1) is 12.2. The van der Waals surface area contributed by atoms with Crippen LogP contribution in [0.5, 0.6) is 0 Å². The number of hydrogen-bond donors (Lipinski definition) is 4. The number of halogens is 1. The molecule has 0 bridgehead atoms. The number of hydrogen-bond acceptors (Lipinski definition) is 5. The second kappa shape index (κ2) is 4.05. The maximum atomic E-state index is 12.3. The van der Waals surface area contributed by atoms with Crippen LogP contribution in [-0.4, -0.2) is 13.6 Å². The number of fused-ring (bicyclic) bond motifs is 1. The summed E-state index contributed by atoms with van der Waals surface area (Å²) in [4.78, 5) is 12.3. The molecule has 1 fully saturated rings. The number of carbonyl (C=O) groups is 1. The monoisotopic (exact) mass is 370 g/mol. The van der Waals surface area contributed by atoms with Gasteiger partial charge in [0, 0.05) is 0 Å². The van der Waals surface area contributed by atoms with Gasteiger partial charge in [-0.1, -0.05) is 0 Å². The molecule has 1 amide bonds. The van der Waals surface area contributed by atoms with Crippen LogP contribution in [0.4, 0.5) is 22.7 Å². The van der Waals surface area contributed by atoms with E-state index in [1.165, 1.54) is 0 Å². The molecule has 0 unspecified atom stereocenters. The Balaban J connectivity index is 2.39. The number of benzene rings is 2. The van der Waals surface area contributed by atoms with Gasteiger partial charge in [0.25, 0.3) is 0 Å². The van der Waals surface area contributed by atoms with E-state index in [-0.39, 0.29) is 38.8 Å². The molecule has 1 saturated heterocycles. The second-order valence-corrected chi connectivity index (χ2v) is 6.86. The number of alkyl halides is 1. The van der Waals surface area contributed by atoms with E-state index in [1.807, 2.05) is 0 Å². The number of nitrogen functional groups attached to an aromatic ring is 4. The first-order valence-electron chi connectivity index (χ1n) is 5.57. The van der Waals surface area contributed by atoms with Gasteiger partial charge in [-0.2, -0.15) is 0 Å². The molecule has 1 aliphatic rings. The van der Waals surface area contributed by atoms with Crippen molar-refractivity contribution >= 4 is 39.4 Å². The number of nitrogens with zero attached hydrogens (tertiary/aromatic N) is 1. The van der Waals surface area contributed by atoms with Crippen LogP contribution in [0.25, 0.3) is 10.8 Å². The van der Waals surface area contributed by atoms with Crippen LogP contribution in [0.2, 0.25) is 0 Å². The minimum atomic E-state index is -0.154. The van der Waals surface area contributed by atoms with Crippen LogP contribution >= 0.6 is 0 Å². The molecule has 3 rings (SSSR count). The third-order valence-corrected chi connectivity index (χ3v) is 4.93. The Bertz CT molecular complexity index is 711. The fraction of sp³-hybridized carbons (Fsp3) is 0.0833. The Labute approximate surface area is 120 Å². The average Bonchev–Trinajstić information content (AvgIpc) is 3.21. The number of nitrogens with two attached hydrogens (primary N) is 4. The molecule has 19 heavy (non-hydrogen) atoms. The zero-order valence-electron chi connectivity index (χ0n) is 9.98. The predicted molar refractivity (Wildman–Crippen MR) is 72.6 cm³/mol. The van der Waals surface area contributed by atoms with E-state index in [0.717, 1.165) is 4.55 Å². The molecule has 0 aliphatic carbocycles. The molecular weight excluding hydrogens is 357 g/mol. The Kier molecular flexibility index (Phi) is 2.59. The van der Waals surface area contributed by atoms with Gasteiger partial charge in [-0.25, -0.2) is 0 Å². The number of anilines is 4. The van der Waals surface area contributed by atoms with Crippen molar-refractivity contribution in [1.82, 2.24) is 3.11 Å². The summed E-state index contributed by atoms with van der Waals surface area (Å²) in [7, 11) is 0. The Hall–Kier alpha value is -1.90. The summed E-state index contributed by atoms with van der Waals surface area (Å²) >= 11 is -0.154. The number of rotatable bonds is 1. The third-order valence-electron chi connectivity index (χ3n) is 3.13. The van der Waals surface area contributed by atoms with Gasteiger partial charge in [-0.3, -0.25) is 0 Å². The summed E-state index contributed by atoms with van der Waals surface area (Å²) in [5.41, 5.74) is 25.5. The molecule has 2 aromatic rings. The van der Waals surface area contributed by atoms with Crippen molar-refractivity contribution in [3.05, 3.63) is 23.8 Å². The van der Waals surface area contributed by atoms with Crippen molar-refractivity contribution in [2.24, 2.45) is 0 Å². The molecule has 1 aliphatic heterocycles. The first-order chi connectivity index (χ1) is 9.00. The van der Waals surface area contributed by atoms with Crippen LogP contribution < -0.4 is 44.4 Å². The van der Waals surface area contributed by atoms with Crippen LogP contribution in [-0.2, 0) is 0 Å². The van der Waals surface area contributed by atoms with Crippen molar-refractivity contribution in [3.8, 4) is 0 Å². The Morgan fingerprint density at radius 2 is 1.74 bits per heavy atom. The molecule has 6 nitrogen and oxygen atoms in total. The summed E-state index contributed by atoms with van der Waals surface area (Å²) in [6.45, 7) is 0. The first-order valence-corrected chi connectivity index (χ1v) is 8.06. The molecule has 0 radical (unpaired) electrons. The van der Waals surface area contributed by atoms with Crippen LogP contribution in [0.15, 0.2) is 18.2 Å². The topological polar surface area (TPSA) is 124 Å². The maximum absolute atomic E-state index is 12.3. The molecule has 100 valence electrons. The van der Waals surface area contributed by atoms with Crippen molar-refractivity contribution in [2.45, 2.75) is 0 Å². The molecule has 2 aromatic carbocycles. The quantitative estimate of drug-likeness (QED) is 0.111. The zero-order chi connectivity index (χ0) is 13.7. The standard InChI is InChI=1S/C12H13IN5O/c14-5-1-2-6-7(3-5)9(15)11(17)10(16)8(6)12(19)18-4-13-18/h1-3H,4,14-17H2/q-1. The summed E-state index contributed by atoms with van der Waals surface area (Å²) in [5, 5.41) is 1.38. The molecule has 7 heteroatoms. The van der Waals surface area contributed by atoms with E-state index in [4.69, 9.17) is 22.9 Å². The predicted octanol–water partition coefficient (Wildman–Crippen LogP) is -2.41. The van der Waals surface area contributed by atoms with Gasteiger partial charge in [-0.05, 0) is 0 Å². The van der Waals surface area contributed by atoms with Gasteiger partial charge in [0.1, 0.15) is 0 Å². The summed E-state index contributed by atoms with van der Waals surface area (Å²) in [5.74, 6) is -0.0632. The Morgan fingerprint density at radius 1 is 1.05 bits per heavy atom. The summed E-state index contributed by atoms with van der Waals surface area (Å²) in [6.07, 6.45) is 0. The fourth-order valence-corrected chi connectivity index (χ4v) is 3.07. The van der Waals surface area contributed by atoms with E-state index in [1.54, 1.807) is 21.3 Å². The SMILES string of the molecule is Nc1ccc2c(C(=O)N3C[I-]3)c(N)c(N)c(N)c2c1.